The van der Waals surface area contributed by atoms with E-state index < -0.39 is 27.2 Å². The summed E-state index contributed by atoms with van der Waals surface area (Å²) in [6, 6.07) is 0. The highest BCUT2D eigenvalue weighted by Gasteiger charge is 2.52. The van der Waals surface area contributed by atoms with Gasteiger partial charge in [0.2, 0.25) is 0 Å². The molecule has 0 spiro atoms. The Kier molecular flexibility index (Phi) is 3.27. The molecule has 0 saturated carbocycles. The van der Waals surface area contributed by atoms with Gasteiger partial charge in [-0.2, -0.15) is 4.31 Å². The molecule has 2 atom stereocenters. The molecule has 0 saturated heterocycles. The van der Waals surface area contributed by atoms with Crippen LogP contribution in [0.2, 0.25) is 0 Å². The van der Waals surface area contributed by atoms with Gasteiger partial charge in [0.1, 0.15) is 12.7 Å². The number of phosphoric ester groups is 1. The molecule has 104 valence electrons. The van der Waals surface area contributed by atoms with E-state index in [0.29, 0.717) is 0 Å². The number of nitrogens with two attached hydrogens (primary N) is 1. The molecule has 0 aromatic rings. The van der Waals surface area contributed by atoms with Crippen molar-refractivity contribution in [3.05, 3.63) is 0 Å². The first-order chi connectivity index (χ1) is 8.65. The zero-order valence-corrected chi connectivity index (χ0v) is 10.7. The molecule has 2 aliphatic rings. The molecular formula is C5H7N5O7P2. The Bertz CT molecular complexity index is 619. The lowest BCUT2D eigenvalue weighted by Crippen LogP contribution is -2.50. The molecule has 0 aromatic carbocycles. The Morgan fingerprint density at radius 1 is 1.21 bits per heavy atom. The van der Waals surface area contributed by atoms with E-state index >= 15 is 0 Å². The number of phosphoric acid groups is 2. The largest absolute Gasteiger partial charge is 0.484 e. The van der Waals surface area contributed by atoms with Gasteiger partial charge in [-0.05, 0) is 0 Å². The lowest BCUT2D eigenvalue weighted by Gasteiger charge is -2.27. The maximum Gasteiger partial charge on any atom is 0.484 e. The summed E-state index contributed by atoms with van der Waals surface area (Å²) in [4.78, 5) is 40.7. The van der Waals surface area contributed by atoms with Crippen LogP contribution in [0.25, 0.3) is 0 Å². The second kappa shape index (κ2) is 4.39. The fourth-order valence-corrected chi connectivity index (χ4v) is 3.04. The van der Waals surface area contributed by atoms with Crippen LogP contribution in [-0.4, -0.2) is 44.8 Å². The van der Waals surface area contributed by atoms with Crippen LogP contribution in [0.5, 0.6) is 0 Å². The van der Waals surface area contributed by atoms with Gasteiger partial charge >= 0.3 is 15.6 Å². The number of amidine groups is 2. The molecule has 0 radical (unpaired) electrons. The summed E-state index contributed by atoms with van der Waals surface area (Å²) in [7, 11) is -10.5. The van der Waals surface area contributed by atoms with Crippen molar-refractivity contribution < 1.29 is 32.6 Å². The van der Waals surface area contributed by atoms with Crippen molar-refractivity contribution in [3.8, 4) is 0 Å². The lowest BCUT2D eigenvalue weighted by molar-refractivity contribution is 0.135. The third kappa shape index (κ3) is 2.85. The highest BCUT2D eigenvalue weighted by atomic mass is 31.3. The predicted octanol–water partition coefficient (Wildman–Crippen LogP) is -1.25. The van der Waals surface area contributed by atoms with E-state index in [9.17, 15) is 14.0 Å². The number of hydrogen-bond acceptors (Lipinski definition) is 9. The van der Waals surface area contributed by atoms with E-state index in [2.05, 4.69) is 28.8 Å². The molecule has 14 heteroatoms. The van der Waals surface area contributed by atoms with Crippen LogP contribution in [0.15, 0.2) is 20.0 Å². The molecule has 2 unspecified atom stereocenters. The van der Waals surface area contributed by atoms with Crippen molar-refractivity contribution in [2.75, 3.05) is 0 Å². The highest BCUT2D eigenvalue weighted by molar-refractivity contribution is 7.60. The summed E-state index contributed by atoms with van der Waals surface area (Å²) >= 11 is 0. The van der Waals surface area contributed by atoms with Gasteiger partial charge < -0.3 is 20.4 Å². The van der Waals surface area contributed by atoms with Crippen molar-refractivity contribution >= 4 is 40.0 Å². The van der Waals surface area contributed by atoms with Gasteiger partial charge in [-0.15, -0.1) is 0 Å². The Morgan fingerprint density at radius 3 is 2.53 bits per heavy atom. The first kappa shape index (κ1) is 14.2. The van der Waals surface area contributed by atoms with Crippen LogP contribution >= 0.6 is 15.6 Å². The van der Waals surface area contributed by atoms with Crippen molar-refractivity contribution in [2.45, 2.75) is 5.72 Å². The normalized spacial score (nSPS) is 28.6. The lowest BCUT2D eigenvalue weighted by atomic mass is 10.2. The van der Waals surface area contributed by atoms with Gasteiger partial charge in [0.15, 0.2) is 11.7 Å². The van der Waals surface area contributed by atoms with E-state index in [4.69, 9.17) is 15.5 Å². The first-order valence-corrected chi connectivity index (χ1v) is 7.46. The molecule has 2 aliphatic heterocycles. The minimum Gasteiger partial charge on any atom is -0.383 e. The van der Waals surface area contributed by atoms with Gasteiger partial charge in [0.25, 0.3) is 5.72 Å². The summed E-state index contributed by atoms with van der Waals surface area (Å²) in [5, 5.41) is 0. The first-order valence-electron chi connectivity index (χ1n) is 4.43. The SMILES string of the molecule is NC1=NC=NC2=NC=NC12OP(=O)(O)OP(=O)(O)O. The smallest absolute Gasteiger partial charge is 0.383 e. The topological polar surface area (TPSA) is 189 Å². The van der Waals surface area contributed by atoms with Crippen LogP contribution in [-0.2, 0) is 18.0 Å². The van der Waals surface area contributed by atoms with E-state index in [1.807, 2.05) is 0 Å². The Balaban J connectivity index is 2.32. The van der Waals surface area contributed by atoms with Crippen molar-refractivity contribution in [2.24, 2.45) is 25.7 Å². The molecule has 0 amide bonds. The average molecular weight is 311 g/mol. The monoisotopic (exact) mass is 311 g/mol. The quantitative estimate of drug-likeness (QED) is 0.463. The van der Waals surface area contributed by atoms with E-state index in [1.54, 1.807) is 0 Å². The van der Waals surface area contributed by atoms with Gasteiger partial charge in [0.05, 0.1) is 0 Å². The Morgan fingerprint density at radius 2 is 1.89 bits per heavy atom. The maximum absolute atomic E-state index is 11.5. The second-order valence-corrected chi connectivity index (χ2v) is 5.99. The molecule has 0 aliphatic carbocycles. The molecular weight excluding hydrogens is 304 g/mol. The van der Waals surface area contributed by atoms with Crippen LogP contribution in [0.3, 0.4) is 0 Å². The zero-order valence-electron chi connectivity index (χ0n) is 8.89. The average Bonchev–Trinajstić information content (AvgIpc) is 2.58. The van der Waals surface area contributed by atoms with Gasteiger partial charge in [0, 0.05) is 0 Å². The number of rotatable bonds is 4. The molecule has 0 bridgehead atoms. The minimum atomic E-state index is -5.26. The van der Waals surface area contributed by atoms with Crippen LogP contribution in [0.1, 0.15) is 0 Å². The Hall–Kier alpha value is -1.26. The standard InChI is InChI=1S/C5H7N5O7P2/c6-3-5(4(8-1-7-3)9-2-10-5)16-19(14,15)17-18(11,12)13/h1-2H,(H,14,15)(H2,11,12,13)(H2,6,7,8,9,10). The Labute approximate surface area is 105 Å². The second-order valence-electron chi connectivity index (χ2n) is 3.23. The minimum absolute atomic E-state index is 0.219. The third-order valence-corrected chi connectivity index (χ3v) is 4.07. The van der Waals surface area contributed by atoms with E-state index in [1.165, 1.54) is 0 Å². The molecule has 0 aromatic heterocycles. The zero-order chi connectivity index (χ0) is 14.3. The predicted molar refractivity (Wildman–Crippen MR) is 62.8 cm³/mol. The molecule has 0 fully saturated rings. The fourth-order valence-electron chi connectivity index (χ4n) is 1.27. The fraction of sp³-hybridized carbons (Fsp3) is 0.200. The van der Waals surface area contributed by atoms with Gasteiger partial charge in [-0.25, -0.2) is 33.6 Å². The van der Waals surface area contributed by atoms with Gasteiger partial charge in [-0.3, -0.25) is 0 Å². The maximum atomic E-state index is 11.5. The summed E-state index contributed by atoms with van der Waals surface area (Å²) in [5.41, 5.74) is 3.35. The van der Waals surface area contributed by atoms with Crippen LogP contribution in [0, 0.1) is 0 Å². The molecule has 2 heterocycles. The van der Waals surface area contributed by atoms with E-state index in [-0.39, 0.29) is 5.84 Å². The molecule has 12 nitrogen and oxygen atoms in total. The molecule has 5 N–H and O–H groups in total. The van der Waals surface area contributed by atoms with Crippen LogP contribution in [0.4, 0.5) is 0 Å². The van der Waals surface area contributed by atoms with Gasteiger partial charge in [-0.1, -0.05) is 0 Å². The van der Waals surface area contributed by atoms with E-state index in [0.717, 1.165) is 12.7 Å². The summed E-state index contributed by atoms with van der Waals surface area (Å²) in [5.74, 6) is -0.609. The van der Waals surface area contributed by atoms with Crippen molar-refractivity contribution in [1.29, 1.82) is 0 Å². The number of fused-ring (bicyclic) bond motifs is 1. The molecule has 2 rings (SSSR count). The summed E-state index contributed by atoms with van der Waals surface area (Å²) < 4.78 is 30.3. The van der Waals surface area contributed by atoms with Crippen molar-refractivity contribution in [3.63, 3.8) is 0 Å². The highest BCUT2D eigenvalue weighted by Crippen LogP contribution is 2.59. The number of hydrogen-bond donors (Lipinski definition) is 4. The van der Waals surface area contributed by atoms with Crippen molar-refractivity contribution in [1.82, 2.24) is 0 Å². The third-order valence-electron chi connectivity index (χ3n) is 1.90. The summed E-state index contributed by atoms with van der Waals surface area (Å²) in [6.07, 6.45) is 1.95. The summed E-state index contributed by atoms with van der Waals surface area (Å²) in [6.45, 7) is 0. The molecule has 19 heavy (non-hydrogen) atoms. The number of nitrogens with zero attached hydrogens (tertiary/aromatic N) is 4. The van der Waals surface area contributed by atoms with Crippen LogP contribution < -0.4 is 5.73 Å². The number of aliphatic imine (C=N–C) groups is 4.